The predicted octanol–water partition coefficient (Wildman–Crippen LogP) is 1.50. The third-order valence-corrected chi connectivity index (χ3v) is 3.00. The summed E-state index contributed by atoms with van der Waals surface area (Å²) in [4.78, 5) is 4.08. The van der Waals surface area contributed by atoms with Crippen molar-refractivity contribution in [2.24, 2.45) is 0 Å². The van der Waals surface area contributed by atoms with E-state index >= 15 is 0 Å². The second-order valence-electron chi connectivity index (χ2n) is 5.06. The van der Waals surface area contributed by atoms with E-state index in [-0.39, 0.29) is 5.69 Å². The van der Waals surface area contributed by atoms with Gasteiger partial charge in [-0.05, 0) is 39.8 Å². The lowest BCUT2D eigenvalue weighted by Gasteiger charge is -2.38. The van der Waals surface area contributed by atoms with Gasteiger partial charge < -0.3 is 16.2 Å². The summed E-state index contributed by atoms with van der Waals surface area (Å²) >= 11 is 0. The van der Waals surface area contributed by atoms with Crippen LogP contribution >= 0.6 is 0 Å². The fraction of sp³-hybridized carbons (Fsp3) is 0.500. The molecule has 0 aliphatic rings. The molecule has 5 nitrogen and oxygen atoms in total. The Morgan fingerprint density at radius 1 is 1.35 bits per heavy atom. The molecule has 0 aliphatic carbocycles. The van der Waals surface area contributed by atoms with Crippen molar-refractivity contribution >= 4 is 11.5 Å². The Hall–Kier alpha value is -1.80. The zero-order chi connectivity index (χ0) is 13.3. The normalized spacial score (nSPS) is 12.0. The molecule has 1 rings (SSSR count). The number of pyridine rings is 1. The van der Waals surface area contributed by atoms with E-state index in [1.165, 1.54) is 0 Å². The van der Waals surface area contributed by atoms with Crippen LogP contribution in [0.15, 0.2) is 12.1 Å². The van der Waals surface area contributed by atoms with Gasteiger partial charge in [0.15, 0.2) is 5.69 Å². The number of nitrogens with zero attached hydrogens (tertiary/aromatic N) is 2. The van der Waals surface area contributed by atoms with Gasteiger partial charge in [0.05, 0.1) is 16.8 Å². The number of nitrogen functional groups attached to an aromatic ring is 1. The molecule has 0 spiro atoms. The van der Waals surface area contributed by atoms with Crippen molar-refractivity contribution < 1.29 is 5.11 Å². The molecule has 0 amide bonds. The Morgan fingerprint density at radius 3 is 2.41 bits per heavy atom. The van der Waals surface area contributed by atoms with Crippen LogP contribution in [0.4, 0.5) is 11.5 Å². The quantitative estimate of drug-likeness (QED) is 0.736. The molecule has 5 heteroatoms. The molecule has 0 fully saturated rings. The van der Waals surface area contributed by atoms with Crippen LogP contribution in [0.1, 0.15) is 33.4 Å². The Labute approximate surface area is 101 Å². The highest BCUT2D eigenvalue weighted by Gasteiger charge is 2.35. The third-order valence-electron chi connectivity index (χ3n) is 3.00. The first-order valence-corrected chi connectivity index (χ1v) is 5.34. The number of hydrogen-bond donors (Lipinski definition) is 3. The molecule has 92 valence electrons. The fourth-order valence-corrected chi connectivity index (χ4v) is 1.10. The zero-order valence-electron chi connectivity index (χ0n) is 10.6. The second-order valence-corrected chi connectivity index (χ2v) is 5.06. The molecule has 4 N–H and O–H groups in total. The number of hydrogen-bond acceptors (Lipinski definition) is 5. The van der Waals surface area contributed by atoms with E-state index < -0.39 is 11.1 Å². The van der Waals surface area contributed by atoms with Gasteiger partial charge in [0, 0.05) is 0 Å². The number of aromatic nitrogens is 1. The van der Waals surface area contributed by atoms with E-state index in [2.05, 4.69) is 10.3 Å². The number of aliphatic hydroxyl groups is 1. The third kappa shape index (κ3) is 2.86. The second kappa shape index (κ2) is 4.22. The molecule has 0 aliphatic heterocycles. The highest BCUT2D eigenvalue weighted by molar-refractivity contribution is 5.55. The Kier molecular flexibility index (Phi) is 3.30. The molecule has 0 aromatic carbocycles. The molecule has 0 bridgehead atoms. The van der Waals surface area contributed by atoms with Gasteiger partial charge >= 0.3 is 0 Å². The molecule has 1 aromatic heterocycles. The minimum absolute atomic E-state index is 0.182. The molecule has 0 unspecified atom stereocenters. The highest BCUT2D eigenvalue weighted by Crippen LogP contribution is 2.25. The van der Waals surface area contributed by atoms with E-state index in [0.717, 1.165) is 0 Å². The van der Waals surface area contributed by atoms with Crippen LogP contribution in [-0.4, -0.2) is 21.2 Å². The van der Waals surface area contributed by atoms with Crippen molar-refractivity contribution in [2.45, 2.75) is 38.8 Å². The van der Waals surface area contributed by atoms with Gasteiger partial charge in [-0.1, -0.05) is 0 Å². The first-order valence-electron chi connectivity index (χ1n) is 5.34. The summed E-state index contributed by atoms with van der Waals surface area (Å²) in [5.74, 6) is 0.517. The maximum absolute atomic E-state index is 10.0. The van der Waals surface area contributed by atoms with Crippen LogP contribution in [0, 0.1) is 11.3 Å². The summed E-state index contributed by atoms with van der Waals surface area (Å²) in [5, 5.41) is 21.9. The Bertz CT molecular complexity index is 455. The molecular weight excluding hydrogens is 216 g/mol. The van der Waals surface area contributed by atoms with Gasteiger partial charge in [0.25, 0.3) is 0 Å². The summed E-state index contributed by atoms with van der Waals surface area (Å²) in [5.41, 5.74) is 4.61. The first kappa shape index (κ1) is 13.3. The van der Waals surface area contributed by atoms with Crippen molar-refractivity contribution in [1.82, 2.24) is 4.98 Å². The summed E-state index contributed by atoms with van der Waals surface area (Å²) in [6.07, 6.45) is 0. The molecule has 17 heavy (non-hydrogen) atoms. The lowest BCUT2D eigenvalue weighted by Crippen LogP contribution is -2.51. The van der Waals surface area contributed by atoms with Gasteiger partial charge in [0.2, 0.25) is 0 Å². The molecule has 0 radical (unpaired) electrons. The molecular formula is C12H18N4O. The van der Waals surface area contributed by atoms with Gasteiger partial charge in [-0.25, -0.2) is 4.98 Å². The van der Waals surface area contributed by atoms with Gasteiger partial charge in [-0.2, -0.15) is 5.26 Å². The van der Waals surface area contributed by atoms with Crippen molar-refractivity contribution in [3.05, 3.63) is 17.8 Å². The zero-order valence-corrected chi connectivity index (χ0v) is 10.6. The number of nitrogens with two attached hydrogens (primary N) is 1. The molecule has 0 atom stereocenters. The smallest absolute Gasteiger partial charge is 0.165 e. The summed E-state index contributed by atoms with van der Waals surface area (Å²) in [6.45, 7) is 7.14. The van der Waals surface area contributed by atoms with Crippen LogP contribution in [-0.2, 0) is 0 Å². The predicted molar refractivity (Wildman–Crippen MR) is 67.4 cm³/mol. The molecule has 0 saturated heterocycles. The van der Waals surface area contributed by atoms with E-state index in [4.69, 9.17) is 11.0 Å². The van der Waals surface area contributed by atoms with Crippen LogP contribution in [0.2, 0.25) is 0 Å². The van der Waals surface area contributed by atoms with Crippen LogP contribution in [0.3, 0.4) is 0 Å². The van der Waals surface area contributed by atoms with Crippen LogP contribution in [0.5, 0.6) is 0 Å². The number of nitrogens with one attached hydrogen (secondary N) is 1. The summed E-state index contributed by atoms with van der Waals surface area (Å²) in [7, 11) is 0. The molecule has 0 saturated carbocycles. The fourth-order valence-electron chi connectivity index (χ4n) is 1.10. The van der Waals surface area contributed by atoms with Crippen LogP contribution in [0.25, 0.3) is 0 Å². The highest BCUT2D eigenvalue weighted by atomic mass is 16.3. The lowest BCUT2D eigenvalue weighted by molar-refractivity contribution is 0.0239. The SMILES string of the molecule is CC(C)(O)C(C)(C)Nc1ccc(N)c(C#N)n1. The number of nitriles is 1. The maximum Gasteiger partial charge on any atom is 0.165 e. The topological polar surface area (TPSA) is 95.0 Å². The van der Waals surface area contributed by atoms with E-state index in [1.807, 2.05) is 19.9 Å². The van der Waals surface area contributed by atoms with E-state index in [0.29, 0.717) is 11.5 Å². The molecule has 1 aromatic rings. The molecule has 1 heterocycles. The first-order chi connectivity index (χ1) is 7.67. The Balaban J connectivity index is 3.02. The Morgan fingerprint density at radius 2 is 1.94 bits per heavy atom. The van der Waals surface area contributed by atoms with Crippen molar-refractivity contribution in [1.29, 1.82) is 5.26 Å². The van der Waals surface area contributed by atoms with E-state index in [1.54, 1.807) is 26.0 Å². The van der Waals surface area contributed by atoms with Crippen molar-refractivity contribution in [2.75, 3.05) is 11.1 Å². The van der Waals surface area contributed by atoms with Crippen molar-refractivity contribution in [3.8, 4) is 6.07 Å². The lowest BCUT2D eigenvalue weighted by atomic mass is 9.86. The number of rotatable bonds is 3. The van der Waals surface area contributed by atoms with Crippen molar-refractivity contribution in [3.63, 3.8) is 0 Å². The largest absolute Gasteiger partial charge is 0.396 e. The maximum atomic E-state index is 10.0. The van der Waals surface area contributed by atoms with Gasteiger partial charge in [0.1, 0.15) is 11.9 Å². The monoisotopic (exact) mass is 234 g/mol. The minimum Gasteiger partial charge on any atom is -0.396 e. The summed E-state index contributed by atoms with van der Waals surface area (Å²) < 4.78 is 0. The number of anilines is 2. The van der Waals surface area contributed by atoms with E-state index in [9.17, 15) is 5.11 Å². The van der Waals surface area contributed by atoms with Crippen LogP contribution < -0.4 is 11.1 Å². The summed E-state index contributed by atoms with van der Waals surface area (Å²) in [6, 6.07) is 5.23. The van der Waals surface area contributed by atoms with Gasteiger partial charge in [-0.15, -0.1) is 0 Å². The average molecular weight is 234 g/mol. The standard InChI is InChI=1S/C12H18N4O/c1-11(2,12(3,4)17)16-10-6-5-8(14)9(7-13)15-10/h5-6,17H,14H2,1-4H3,(H,15,16). The average Bonchev–Trinajstić information content (AvgIpc) is 2.19. The van der Waals surface area contributed by atoms with Gasteiger partial charge in [-0.3, -0.25) is 0 Å². The minimum atomic E-state index is -0.928.